The largest absolute Gasteiger partial charge is 0.335 e. The topological polar surface area (TPSA) is 81.2 Å². The summed E-state index contributed by atoms with van der Waals surface area (Å²) in [6.07, 6.45) is 1.25. The van der Waals surface area contributed by atoms with Crippen LogP contribution in [0, 0.1) is 5.82 Å². The molecule has 29 heavy (non-hydrogen) atoms. The van der Waals surface area contributed by atoms with E-state index in [1.54, 1.807) is 19.2 Å². The fraction of sp³-hybridized carbons (Fsp3) is 0.100. The fourth-order valence-corrected chi connectivity index (χ4v) is 3.12. The first-order chi connectivity index (χ1) is 13.9. The number of benzene rings is 2. The van der Waals surface area contributed by atoms with E-state index in [4.69, 9.17) is 4.52 Å². The third-order valence-corrected chi connectivity index (χ3v) is 5.00. The van der Waals surface area contributed by atoms with Crippen molar-refractivity contribution in [2.75, 3.05) is 11.9 Å². The van der Waals surface area contributed by atoms with Gasteiger partial charge in [0, 0.05) is 22.8 Å². The molecule has 2 heterocycles. The van der Waals surface area contributed by atoms with Crippen molar-refractivity contribution in [2.24, 2.45) is 0 Å². The third kappa shape index (κ3) is 3.68. The average Bonchev–Trinajstić information content (AvgIpc) is 3.15. The number of amides is 1. The van der Waals surface area contributed by atoms with Crippen LogP contribution in [-0.2, 0) is 11.3 Å². The highest BCUT2D eigenvalue weighted by Gasteiger charge is 2.19. The van der Waals surface area contributed by atoms with E-state index in [9.17, 15) is 14.0 Å². The zero-order chi connectivity index (χ0) is 20.5. The van der Waals surface area contributed by atoms with E-state index >= 15 is 0 Å². The Kier molecular flexibility index (Phi) is 4.98. The number of carbonyl (C=O) groups excluding carboxylic acids is 1. The Hall–Kier alpha value is -3.33. The Morgan fingerprint density at radius 3 is 2.55 bits per heavy atom. The van der Waals surface area contributed by atoms with Gasteiger partial charge in [-0.3, -0.25) is 14.2 Å². The lowest BCUT2D eigenvalue weighted by Crippen LogP contribution is -2.34. The second-order valence-corrected chi connectivity index (χ2v) is 7.24. The predicted octanol–water partition coefficient (Wildman–Crippen LogP) is 3.62. The number of anilines is 1. The van der Waals surface area contributed by atoms with Gasteiger partial charge in [-0.25, -0.2) is 9.37 Å². The van der Waals surface area contributed by atoms with Gasteiger partial charge in [-0.2, -0.15) is 0 Å². The molecule has 0 bridgehead atoms. The number of halogens is 2. The molecule has 0 radical (unpaired) electrons. The Labute approximate surface area is 172 Å². The summed E-state index contributed by atoms with van der Waals surface area (Å²) in [4.78, 5) is 31.2. The van der Waals surface area contributed by atoms with Gasteiger partial charge in [-0.1, -0.05) is 21.1 Å². The van der Waals surface area contributed by atoms with Crippen molar-refractivity contribution < 1.29 is 13.7 Å². The lowest BCUT2D eigenvalue weighted by molar-refractivity contribution is -0.118. The first-order valence-corrected chi connectivity index (χ1v) is 9.36. The summed E-state index contributed by atoms with van der Waals surface area (Å²) in [6, 6.07) is 12.8. The Bertz CT molecular complexity index is 1250. The van der Waals surface area contributed by atoms with Gasteiger partial charge >= 0.3 is 0 Å². The molecule has 1 amide bonds. The smallest absolute Gasteiger partial charge is 0.267 e. The van der Waals surface area contributed by atoms with Crippen LogP contribution in [0.25, 0.3) is 22.4 Å². The number of nitrogens with zero attached hydrogens (tertiary/aromatic N) is 4. The zero-order valence-electron chi connectivity index (χ0n) is 15.2. The number of hydrogen-bond acceptors (Lipinski definition) is 5. The van der Waals surface area contributed by atoms with Crippen LogP contribution in [0.5, 0.6) is 0 Å². The van der Waals surface area contributed by atoms with Crippen molar-refractivity contribution in [1.82, 2.24) is 14.7 Å². The molecular weight excluding hydrogens is 443 g/mol. The van der Waals surface area contributed by atoms with Crippen LogP contribution < -0.4 is 10.5 Å². The van der Waals surface area contributed by atoms with Crippen LogP contribution in [-0.4, -0.2) is 27.7 Å². The molecule has 4 rings (SSSR count). The van der Waals surface area contributed by atoms with E-state index in [0.29, 0.717) is 11.3 Å². The van der Waals surface area contributed by atoms with E-state index in [1.165, 1.54) is 40.1 Å². The molecule has 2 aromatic carbocycles. The number of fused-ring (bicyclic) bond motifs is 1. The van der Waals surface area contributed by atoms with Crippen molar-refractivity contribution in [3.05, 3.63) is 75.5 Å². The molecule has 9 heteroatoms. The number of likely N-dealkylation sites (N-methyl/N-ethyl adjacent to an activating group) is 1. The standard InChI is InChI=1S/C20H14BrFN4O3/c1-25(15-8-4-13(21)5-9-15)16(27)10-26-11-23-19-17(20(26)28)18(24-29-19)12-2-6-14(22)7-3-12/h2-9,11H,10H2,1H3. The highest BCUT2D eigenvalue weighted by atomic mass is 79.9. The Morgan fingerprint density at radius 1 is 1.17 bits per heavy atom. The van der Waals surface area contributed by atoms with Gasteiger partial charge in [0.1, 0.15) is 29.8 Å². The molecule has 0 N–H and O–H groups in total. The molecule has 0 aliphatic carbocycles. The van der Waals surface area contributed by atoms with Crippen molar-refractivity contribution >= 4 is 38.6 Å². The van der Waals surface area contributed by atoms with Crippen LogP contribution in [0.2, 0.25) is 0 Å². The number of aromatic nitrogens is 3. The normalized spacial score (nSPS) is 11.0. The minimum absolute atomic E-state index is 0.0549. The van der Waals surface area contributed by atoms with Gasteiger partial charge < -0.3 is 9.42 Å². The van der Waals surface area contributed by atoms with E-state index in [2.05, 4.69) is 26.1 Å². The van der Waals surface area contributed by atoms with E-state index in [-0.39, 0.29) is 29.2 Å². The molecule has 0 aliphatic rings. The summed E-state index contributed by atoms with van der Waals surface area (Å²) in [6.45, 7) is -0.206. The lowest BCUT2D eigenvalue weighted by atomic mass is 10.1. The van der Waals surface area contributed by atoms with Crippen molar-refractivity contribution in [2.45, 2.75) is 6.54 Å². The summed E-state index contributed by atoms with van der Waals surface area (Å²) in [7, 11) is 1.63. The lowest BCUT2D eigenvalue weighted by Gasteiger charge is -2.18. The minimum Gasteiger partial charge on any atom is -0.335 e. The third-order valence-electron chi connectivity index (χ3n) is 4.47. The molecule has 0 saturated heterocycles. The molecular formula is C20H14BrFN4O3. The molecule has 0 aliphatic heterocycles. The first-order valence-electron chi connectivity index (χ1n) is 8.57. The second-order valence-electron chi connectivity index (χ2n) is 6.33. The molecule has 0 atom stereocenters. The highest BCUT2D eigenvalue weighted by Crippen LogP contribution is 2.24. The summed E-state index contributed by atoms with van der Waals surface area (Å²) in [5.74, 6) is -0.700. The second kappa shape index (κ2) is 7.59. The summed E-state index contributed by atoms with van der Waals surface area (Å²) in [5.41, 5.74) is 1.05. The van der Waals surface area contributed by atoms with Crippen molar-refractivity contribution in [1.29, 1.82) is 0 Å². The van der Waals surface area contributed by atoms with E-state index in [0.717, 1.165) is 4.47 Å². The maximum Gasteiger partial charge on any atom is 0.267 e. The van der Waals surface area contributed by atoms with Crippen molar-refractivity contribution in [3.8, 4) is 11.3 Å². The monoisotopic (exact) mass is 456 g/mol. The van der Waals surface area contributed by atoms with Gasteiger partial charge in [0.05, 0.1) is 0 Å². The molecule has 0 fully saturated rings. The molecule has 2 aromatic heterocycles. The summed E-state index contributed by atoms with van der Waals surface area (Å²) < 4.78 is 20.4. The fourth-order valence-electron chi connectivity index (χ4n) is 2.86. The number of rotatable bonds is 4. The number of hydrogen-bond donors (Lipinski definition) is 0. The molecule has 146 valence electrons. The Balaban J connectivity index is 1.68. The predicted molar refractivity (Wildman–Crippen MR) is 109 cm³/mol. The minimum atomic E-state index is -0.465. The highest BCUT2D eigenvalue weighted by molar-refractivity contribution is 9.10. The van der Waals surface area contributed by atoms with Crippen LogP contribution in [0.1, 0.15) is 0 Å². The maximum atomic E-state index is 13.2. The Morgan fingerprint density at radius 2 is 1.86 bits per heavy atom. The molecule has 0 unspecified atom stereocenters. The summed E-state index contributed by atoms with van der Waals surface area (Å²) in [5, 5.41) is 4.03. The molecule has 4 aromatic rings. The van der Waals surface area contributed by atoms with Gasteiger partial charge in [0.2, 0.25) is 5.91 Å². The number of carbonyl (C=O) groups is 1. The quantitative estimate of drug-likeness (QED) is 0.468. The van der Waals surface area contributed by atoms with Crippen LogP contribution in [0.15, 0.2) is 68.6 Å². The molecule has 7 nitrogen and oxygen atoms in total. The maximum absolute atomic E-state index is 13.2. The SMILES string of the molecule is CN(C(=O)Cn1cnc2onc(-c3ccc(F)cc3)c2c1=O)c1ccc(Br)cc1. The summed E-state index contributed by atoms with van der Waals surface area (Å²) >= 11 is 3.35. The average molecular weight is 457 g/mol. The van der Waals surface area contributed by atoms with Gasteiger partial charge in [0.15, 0.2) is 0 Å². The molecule has 0 saturated carbocycles. The van der Waals surface area contributed by atoms with Crippen molar-refractivity contribution in [3.63, 3.8) is 0 Å². The van der Waals surface area contributed by atoms with Crippen LogP contribution in [0.3, 0.4) is 0 Å². The van der Waals surface area contributed by atoms with Gasteiger partial charge in [-0.05, 0) is 48.5 Å². The van der Waals surface area contributed by atoms with Gasteiger partial charge in [0.25, 0.3) is 11.3 Å². The first kappa shape index (κ1) is 19.0. The van der Waals surface area contributed by atoms with Gasteiger partial charge in [-0.15, -0.1) is 0 Å². The van der Waals surface area contributed by atoms with E-state index in [1.807, 2.05) is 12.1 Å². The molecule has 0 spiro atoms. The zero-order valence-corrected chi connectivity index (χ0v) is 16.8. The van der Waals surface area contributed by atoms with Crippen LogP contribution >= 0.6 is 15.9 Å². The van der Waals surface area contributed by atoms with Crippen LogP contribution in [0.4, 0.5) is 10.1 Å². The van der Waals surface area contributed by atoms with E-state index < -0.39 is 11.4 Å².